The molecule has 2 heterocycles. The minimum absolute atomic E-state index is 0.0128. The molecule has 26 heavy (non-hydrogen) atoms. The molecule has 0 aromatic heterocycles. The summed E-state index contributed by atoms with van der Waals surface area (Å²) in [5.41, 5.74) is 5.01. The smallest absolute Gasteiger partial charge is 0.227 e. The molecule has 2 saturated heterocycles. The molecule has 0 radical (unpaired) electrons. The molecule has 3 amide bonds. The summed E-state index contributed by atoms with van der Waals surface area (Å²) in [6, 6.07) is 0. The molecule has 0 aromatic carbocycles. The highest BCUT2D eigenvalue weighted by molar-refractivity contribution is 5.85. The van der Waals surface area contributed by atoms with Gasteiger partial charge in [0.15, 0.2) is 0 Å². The Bertz CT molecular complexity index is 529. The van der Waals surface area contributed by atoms with E-state index in [-0.39, 0.29) is 29.6 Å². The zero-order valence-corrected chi connectivity index (χ0v) is 16.4. The van der Waals surface area contributed by atoms with Gasteiger partial charge in [0.1, 0.15) is 0 Å². The molecule has 7 nitrogen and oxygen atoms in total. The lowest BCUT2D eigenvalue weighted by Crippen LogP contribution is -2.52. The van der Waals surface area contributed by atoms with Crippen molar-refractivity contribution < 1.29 is 14.4 Å². The van der Waals surface area contributed by atoms with Gasteiger partial charge in [-0.25, -0.2) is 0 Å². The minimum Gasteiger partial charge on any atom is -0.355 e. The van der Waals surface area contributed by atoms with E-state index in [1.807, 2.05) is 30.6 Å². The third-order valence-corrected chi connectivity index (χ3v) is 5.25. The average Bonchev–Trinajstić information content (AvgIpc) is 2.64. The van der Waals surface area contributed by atoms with Gasteiger partial charge >= 0.3 is 0 Å². The quantitative estimate of drug-likeness (QED) is 0.761. The van der Waals surface area contributed by atoms with Gasteiger partial charge in [-0.05, 0) is 25.7 Å². The van der Waals surface area contributed by atoms with Crippen LogP contribution in [0.5, 0.6) is 0 Å². The van der Waals surface area contributed by atoms with E-state index in [1.54, 1.807) is 0 Å². The monoisotopic (exact) mass is 366 g/mol. The van der Waals surface area contributed by atoms with E-state index in [0.717, 1.165) is 32.2 Å². The molecule has 0 spiro atoms. The molecule has 2 aliphatic rings. The molecule has 148 valence electrons. The number of nitrogens with one attached hydrogen (secondary N) is 1. The van der Waals surface area contributed by atoms with Crippen LogP contribution in [-0.2, 0) is 14.4 Å². The number of hydrogen-bond acceptors (Lipinski definition) is 4. The predicted molar refractivity (Wildman–Crippen MR) is 100 cm³/mol. The predicted octanol–water partition coefficient (Wildman–Crippen LogP) is 0.585. The maximum Gasteiger partial charge on any atom is 0.227 e. The highest BCUT2D eigenvalue weighted by Gasteiger charge is 2.36. The van der Waals surface area contributed by atoms with Crippen molar-refractivity contribution in [1.82, 2.24) is 15.1 Å². The number of nitrogens with two attached hydrogens (primary N) is 1. The summed E-state index contributed by atoms with van der Waals surface area (Å²) < 4.78 is 0. The number of nitrogens with zero attached hydrogens (tertiary/aromatic N) is 2. The fourth-order valence-corrected chi connectivity index (χ4v) is 3.83. The van der Waals surface area contributed by atoms with Gasteiger partial charge in [0.25, 0.3) is 0 Å². The normalized spacial score (nSPS) is 24.3. The number of hydrogen-bond donors (Lipinski definition) is 2. The first-order chi connectivity index (χ1) is 12.2. The van der Waals surface area contributed by atoms with Gasteiger partial charge in [0.2, 0.25) is 17.7 Å². The van der Waals surface area contributed by atoms with E-state index in [0.29, 0.717) is 32.7 Å². The van der Waals surface area contributed by atoms with Gasteiger partial charge in [-0.15, -0.1) is 0 Å². The molecule has 0 aromatic rings. The van der Waals surface area contributed by atoms with Crippen LogP contribution in [0.25, 0.3) is 0 Å². The van der Waals surface area contributed by atoms with Gasteiger partial charge in [0, 0.05) is 44.7 Å². The number of amides is 3. The van der Waals surface area contributed by atoms with Crippen LogP contribution < -0.4 is 11.1 Å². The Kier molecular flexibility index (Phi) is 7.03. The van der Waals surface area contributed by atoms with E-state index in [4.69, 9.17) is 5.73 Å². The largest absolute Gasteiger partial charge is 0.355 e. The summed E-state index contributed by atoms with van der Waals surface area (Å²) in [6.45, 7) is 9.01. The zero-order chi connectivity index (χ0) is 19.3. The van der Waals surface area contributed by atoms with Gasteiger partial charge in [-0.3, -0.25) is 14.4 Å². The minimum atomic E-state index is -0.428. The van der Waals surface area contributed by atoms with Crippen LogP contribution in [0.1, 0.15) is 46.5 Å². The first-order valence-corrected chi connectivity index (χ1v) is 9.80. The second kappa shape index (κ2) is 8.84. The molecular weight excluding hydrogens is 332 g/mol. The van der Waals surface area contributed by atoms with Crippen molar-refractivity contribution in [1.29, 1.82) is 0 Å². The summed E-state index contributed by atoms with van der Waals surface area (Å²) in [6.07, 6.45) is 3.31. The van der Waals surface area contributed by atoms with Crippen molar-refractivity contribution in [3.8, 4) is 0 Å². The fourth-order valence-electron chi connectivity index (χ4n) is 3.83. The Labute approximate surface area is 156 Å². The fraction of sp³-hybridized carbons (Fsp3) is 0.842. The summed E-state index contributed by atoms with van der Waals surface area (Å²) in [7, 11) is 0. The number of carbonyl (C=O) groups is 3. The van der Waals surface area contributed by atoms with Gasteiger partial charge in [-0.1, -0.05) is 20.8 Å². The van der Waals surface area contributed by atoms with Crippen LogP contribution in [0.3, 0.4) is 0 Å². The van der Waals surface area contributed by atoms with Crippen molar-refractivity contribution in [2.24, 2.45) is 23.0 Å². The standard InChI is InChI=1S/C19H34N4O3/c1-19(2,3)18(26)23-11-5-7-15(13-23)17(25)22-10-4-6-14(12-22)16(24)21-9-8-20/h14-15H,4-13,20H2,1-3H3,(H,21,24). The van der Waals surface area contributed by atoms with Crippen LogP contribution in [-0.4, -0.2) is 66.8 Å². The Morgan fingerprint density at radius 1 is 1.00 bits per heavy atom. The second-order valence-electron chi connectivity index (χ2n) is 8.54. The summed E-state index contributed by atoms with van der Waals surface area (Å²) in [5, 5.41) is 2.82. The van der Waals surface area contributed by atoms with Crippen molar-refractivity contribution in [2.75, 3.05) is 39.3 Å². The molecule has 3 N–H and O–H groups in total. The molecule has 2 rings (SSSR count). The van der Waals surface area contributed by atoms with E-state index in [2.05, 4.69) is 5.32 Å². The van der Waals surface area contributed by atoms with E-state index in [9.17, 15) is 14.4 Å². The molecule has 0 aliphatic carbocycles. The Balaban J connectivity index is 1.95. The number of piperidine rings is 2. The van der Waals surface area contributed by atoms with Crippen LogP contribution in [0, 0.1) is 17.3 Å². The molecule has 2 aliphatic heterocycles. The molecule has 7 heteroatoms. The lowest BCUT2D eigenvalue weighted by Gasteiger charge is -2.39. The summed E-state index contributed by atoms with van der Waals surface area (Å²) >= 11 is 0. The lowest BCUT2D eigenvalue weighted by molar-refractivity contribution is -0.146. The highest BCUT2D eigenvalue weighted by atomic mass is 16.2. The molecule has 0 bridgehead atoms. The lowest BCUT2D eigenvalue weighted by atomic mass is 9.89. The van der Waals surface area contributed by atoms with Gasteiger partial charge in [0.05, 0.1) is 11.8 Å². The molecule has 2 fully saturated rings. The van der Waals surface area contributed by atoms with Crippen LogP contribution >= 0.6 is 0 Å². The summed E-state index contributed by atoms with van der Waals surface area (Å²) in [4.78, 5) is 41.4. The topological polar surface area (TPSA) is 95.7 Å². The first kappa shape index (κ1) is 20.7. The zero-order valence-electron chi connectivity index (χ0n) is 16.4. The van der Waals surface area contributed by atoms with Crippen LogP contribution in [0.2, 0.25) is 0 Å². The number of rotatable bonds is 4. The van der Waals surface area contributed by atoms with Crippen LogP contribution in [0.15, 0.2) is 0 Å². The molecule has 2 atom stereocenters. The molecular formula is C19H34N4O3. The van der Waals surface area contributed by atoms with Crippen molar-refractivity contribution in [3.63, 3.8) is 0 Å². The first-order valence-electron chi connectivity index (χ1n) is 9.80. The molecule has 2 unspecified atom stereocenters. The average molecular weight is 367 g/mol. The van der Waals surface area contributed by atoms with Crippen LogP contribution in [0.4, 0.5) is 0 Å². The number of carbonyl (C=O) groups excluding carboxylic acids is 3. The van der Waals surface area contributed by atoms with Gasteiger partial charge in [-0.2, -0.15) is 0 Å². The molecule has 0 saturated carbocycles. The van der Waals surface area contributed by atoms with E-state index < -0.39 is 5.41 Å². The maximum absolute atomic E-state index is 13.0. The van der Waals surface area contributed by atoms with Crippen molar-refractivity contribution in [2.45, 2.75) is 46.5 Å². The van der Waals surface area contributed by atoms with Crippen molar-refractivity contribution >= 4 is 17.7 Å². The number of likely N-dealkylation sites (tertiary alicyclic amines) is 2. The summed E-state index contributed by atoms with van der Waals surface area (Å²) in [5.74, 6) is -0.127. The van der Waals surface area contributed by atoms with E-state index >= 15 is 0 Å². The third kappa shape index (κ3) is 5.19. The SMILES string of the molecule is CC(C)(C)C(=O)N1CCCC(C(=O)N2CCCC(C(=O)NCCN)C2)C1. The van der Waals surface area contributed by atoms with E-state index in [1.165, 1.54) is 0 Å². The Morgan fingerprint density at radius 2 is 1.58 bits per heavy atom. The highest BCUT2D eigenvalue weighted by Crippen LogP contribution is 2.26. The second-order valence-corrected chi connectivity index (χ2v) is 8.54. The third-order valence-electron chi connectivity index (χ3n) is 5.25. The Hall–Kier alpha value is -1.63. The Morgan fingerprint density at radius 3 is 2.19 bits per heavy atom. The van der Waals surface area contributed by atoms with Gasteiger partial charge < -0.3 is 20.9 Å². The van der Waals surface area contributed by atoms with Crippen molar-refractivity contribution in [3.05, 3.63) is 0 Å². The maximum atomic E-state index is 13.0.